The standard InChI is InChI=1S/C32H39N3O4S2/c1-22(2)34(3)26-14-15-29(25(18-26)21-41(38,39)27-12-8-5-9-13-27)35-17-16-28(32(35)37)33-31(36)30-19-24(20-40-30)23-10-6-4-7-11-23/h4-13,19-20,22,25-26,28-29H,14-18,21H2,1-3H3,(H,33,36)/t25-,26-,28+,29+/m1/s1. The van der Waals surface area contributed by atoms with Crippen molar-refractivity contribution in [2.24, 2.45) is 5.92 Å². The lowest BCUT2D eigenvalue weighted by Crippen LogP contribution is -2.53. The second kappa shape index (κ2) is 12.5. The molecule has 0 radical (unpaired) electrons. The molecule has 2 aromatic carbocycles. The molecule has 2 amide bonds. The van der Waals surface area contributed by atoms with Crippen molar-refractivity contribution in [2.75, 3.05) is 19.3 Å². The first-order valence-corrected chi connectivity index (χ1v) is 16.9. The molecule has 1 N–H and O–H groups in total. The van der Waals surface area contributed by atoms with Gasteiger partial charge in [-0.2, -0.15) is 0 Å². The summed E-state index contributed by atoms with van der Waals surface area (Å²) in [7, 11) is -1.43. The van der Waals surface area contributed by atoms with Crippen LogP contribution in [0.15, 0.2) is 77.0 Å². The number of likely N-dealkylation sites (tertiary alicyclic amines) is 1. The number of amides is 2. The first-order chi connectivity index (χ1) is 19.6. The van der Waals surface area contributed by atoms with Crippen molar-refractivity contribution in [3.63, 3.8) is 0 Å². The van der Waals surface area contributed by atoms with Crippen molar-refractivity contribution in [1.82, 2.24) is 15.1 Å². The SMILES string of the molecule is CC(C)N(C)[C@@H]1CC[C@H](N2CC[C@H](NC(=O)c3cc(-c4ccccc4)cs3)C2=O)[C@@H](CS(=O)(=O)c2ccccc2)C1. The van der Waals surface area contributed by atoms with E-state index in [1.54, 1.807) is 24.3 Å². The molecular weight excluding hydrogens is 555 g/mol. The van der Waals surface area contributed by atoms with Crippen molar-refractivity contribution < 1.29 is 18.0 Å². The van der Waals surface area contributed by atoms with E-state index in [-0.39, 0.29) is 35.6 Å². The third kappa shape index (κ3) is 6.58. The molecule has 1 aliphatic heterocycles. The van der Waals surface area contributed by atoms with Gasteiger partial charge in [-0.1, -0.05) is 48.5 Å². The second-order valence-corrected chi connectivity index (χ2v) is 14.5. The van der Waals surface area contributed by atoms with E-state index in [9.17, 15) is 18.0 Å². The zero-order valence-electron chi connectivity index (χ0n) is 23.9. The molecule has 1 aromatic heterocycles. The summed E-state index contributed by atoms with van der Waals surface area (Å²) < 4.78 is 26.9. The number of carbonyl (C=O) groups excluding carboxylic acids is 2. The zero-order chi connectivity index (χ0) is 29.1. The molecule has 4 atom stereocenters. The highest BCUT2D eigenvalue weighted by Gasteiger charge is 2.44. The number of nitrogens with zero attached hydrogens (tertiary/aromatic N) is 2. The fraction of sp³-hybridized carbons (Fsp3) is 0.438. The summed E-state index contributed by atoms with van der Waals surface area (Å²) in [6, 6.07) is 20.2. The van der Waals surface area contributed by atoms with Crippen LogP contribution in [0.3, 0.4) is 0 Å². The Balaban J connectivity index is 1.30. The summed E-state index contributed by atoms with van der Waals surface area (Å²) in [6.45, 7) is 4.81. The number of carbonyl (C=O) groups is 2. The Morgan fingerprint density at radius 3 is 2.39 bits per heavy atom. The molecule has 2 aliphatic rings. The molecule has 2 heterocycles. The molecule has 2 fully saturated rings. The van der Waals surface area contributed by atoms with Crippen molar-refractivity contribution >= 4 is 33.0 Å². The van der Waals surface area contributed by atoms with Crippen LogP contribution in [0.4, 0.5) is 0 Å². The lowest BCUT2D eigenvalue weighted by atomic mass is 9.81. The summed E-state index contributed by atoms with van der Waals surface area (Å²) in [5.74, 6) is -0.546. The fourth-order valence-corrected chi connectivity index (χ4v) is 8.75. The molecule has 1 saturated heterocycles. The van der Waals surface area contributed by atoms with E-state index < -0.39 is 15.9 Å². The van der Waals surface area contributed by atoms with E-state index in [0.717, 1.165) is 24.0 Å². The maximum Gasteiger partial charge on any atom is 0.262 e. The van der Waals surface area contributed by atoms with E-state index in [4.69, 9.17) is 0 Å². The molecule has 0 unspecified atom stereocenters. The molecule has 9 heteroatoms. The normalized spacial score (nSPS) is 23.3. The average Bonchev–Trinajstić information content (AvgIpc) is 3.61. The van der Waals surface area contributed by atoms with Gasteiger partial charge in [-0.15, -0.1) is 11.3 Å². The molecule has 41 heavy (non-hydrogen) atoms. The van der Waals surface area contributed by atoms with Crippen LogP contribution in [0, 0.1) is 5.92 Å². The molecule has 1 aliphatic carbocycles. The van der Waals surface area contributed by atoms with Crippen LogP contribution in [0.1, 0.15) is 49.2 Å². The van der Waals surface area contributed by atoms with E-state index in [1.807, 2.05) is 52.7 Å². The zero-order valence-corrected chi connectivity index (χ0v) is 25.5. The molecule has 0 bridgehead atoms. The van der Waals surface area contributed by atoms with Crippen molar-refractivity contribution in [3.8, 4) is 11.1 Å². The smallest absolute Gasteiger partial charge is 0.262 e. The van der Waals surface area contributed by atoms with E-state index in [0.29, 0.717) is 35.2 Å². The lowest BCUT2D eigenvalue weighted by Gasteiger charge is -2.44. The fourth-order valence-electron chi connectivity index (χ4n) is 6.24. The van der Waals surface area contributed by atoms with Crippen LogP contribution in [0.5, 0.6) is 0 Å². The highest BCUT2D eigenvalue weighted by atomic mass is 32.2. The largest absolute Gasteiger partial charge is 0.339 e. The monoisotopic (exact) mass is 593 g/mol. The van der Waals surface area contributed by atoms with Crippen LogP contribution >= 0.6 is 11.3 Å². The van der Waals surface area contributed by atoms with Gasteiger partial charge in [-0.3, -0.25) is 9.59 Å². The summed E-state index contributed by atoms with van der Waals surface area (Å²) in [5, 5.41) is 4.92. The predicted molar refractivity (Wildman–Crippen MR) is 164 cm³/mol. The van der Waals surface area contributed by atoms with Crippen LogP contribution in [0.25, 0.3) is 11.1 Å². The van der Waals surface area contributed by atoms with Crippen molar-refractivity contribution in [3.05, 3.63) is 77.0 Å². The molecule has 5 rings (SSSR count). The van der Waals surface area contributed by atoms with E-state index >= 15 is 0 Å². The van der Waals surface area contributed by atoms with Gasteiger partial charge in [0.25, 0.3) is 5.91 Å². The Bertz CT molecular complexity index is 1460. The van der Waals surface area contributed by atoms with Crippen molar-refractivity contribution in [2.45, 2.75) is 68.6 Å². The minimum absolute atomic E-state index is 0.00236. The molecule has 218 valence electrons. The number of benzene rings is 2. The van der Waals surface area contributed by atoms with Gasteiger partial charge in [0.2, 0.25) is 5.91 Å². The molecular formula is C32H39N3O4S2. The van der Waals surface area contributed by atoms with Gasteiger partial charge < -0.3 is 15.1 Å². The Hall–Kier alpha value is -3.01. The maximum absolute atomic E-state index is 13.7. The topological polar surface area (TPSA) is 86.8 Å². The van der Waals surface area contributed by atoms with Gasteiger partial charge >= 0.3 is 0 Å². The molecule has 3 aromatic rings. The summed E-state index contributed by atoms with van der Waals surface area (Å²) >= 11 is 1.37. The average molecular weight is 594 g/mol. The lowest BCUT2D eigenvalue weighted by molar-refractivity contribution is -0.133. The van der Waals surface area contributed by atoms with Gasteiger partial charge in [0.05, 0.1) is 15.5 Å². The van der Waals surface area contributed by atoms with Crippen LogP contribution in [-0.4, -0.2) is 73.5 Å². The van der Waals surface area contributed by atoms with Crippen LogP contribution in [-0.2, 0) is 14.6 Å². The summed E-state index contributed by atoms with van der Waals surface area (Å²) in [5.41, 5.74) is 2.02. The first kappa shape index (κ1) is 29.5. The Morgan fingerprint density at radius 2 is 1.71 bits per heavy atom. The third-order valence-electron chi connectivity index (χ3n) is 8.72. The van der Waals surface area contributed by atoms with Gasteiger partial charge in [0, 0.05) is 24.7 Å². The number of hydrogen-bond donors (Lipinski definition) is 1. The number of sulfone groups is 1. The van der Waals surface area contributed by atoms with Crippen LogP contribution < -0.4 is 5.32 Å². The van der Waals surface area contributed by atoms with Gasteiger partial charge in [-0.05, 0) is 87.2 Å². The Morgan fingerprint density at radius 1 is 1.02 bits per heavy atom. The van der Waals surface area contributed by atoms with Crippen molar-refractivity contribution in [1.29, 1.82) is 0 Å². The minimum atomic E-state index is -3.52. The molecule has 1 saturated carbocycles. The van der Waals surface area contributed by atoms with E-state index in [2.05, 4.69) is 31.1 Å². The summed E-state index contributed by atoms with van der Waals surface area (Å²) in [4.78, 5) is 31.8. The van der Waals surface area contributed by atoms with Crippen LogP contribution in [0.2, 0.25) is 0 Å². The Kier molecular flexibility index (Phi) is 8.97. The molecule has 0 spiro atoms. The van der Waals surface area contributed by atoms with Gasteiger partial charge in [0.1, 0.15) is 6.04 Å². The second-order valence-electron chi connectivity index (χ2n) is 11.6. The number of rotatable bonds is 9. The number of thiophene rings is 1. The maximum atomic E-state index is 13.7. The number of nitrogens with one attached hydrogen (secondary N) is 1. The summed E-state index contributed by atoms with van der Waals surface area (Å²) in [6.07, 6.45) is 2.88. The Labute approximate surface area is 247 Å². The molecule has 7 nitrogen and oxygen atoms in total. The van der Waals surface area contributed by atoms with Gasteiger partial charge in [0.15, 0.2) is 9.84 Å². The highest BCUT2D eigenvalue weighted by Crippen LogP contribution is 2.36. The van der Waals surface area contributed by atoms with E-state index in [1.165, 1.54) is 11.3 Å². The minimum Gasteiger partial charge on any atom is -0.339 e. The third-order valence-corrected chi connectivity index (χ3v) is 11.5. The predicted octanol–water partition coefficient (Wildman–Crippen LogP) is 5.10. The first-order valence-electron chi connectivity index (χ1n) is 14.4. The highest BCUT2D eigenvalue weighted by molar-refractivity contribution is 7.91. The quantitative estimate of drug-likeness (QED) is 0.373. The van der Waals surface area contributed by atoms with Gasteiger partial charge in [-0.25, -0.2) is 8.42 Å². The number of hydrogen-bond acceptors (Lipinski definition) is 6.